The molecular weight excluding hydrogens is 354 g/mol. The zero-order chi connectivity index (χ0) is 20.0. The molecule has 0 saturated carbocycles. The number of nitrogens with one attached hydrogen (secondary N) is 1. The second kappa shape index (κ2) is 9.36. The Morgan fingerprint density at radius 2 is 1.81 bits per heavy atom. The van der Waals surface area contributed by atoms with Gasteiger partial charge in [0.05, 0.1) is 5.69 Å². The number of thiazole rings is 1. The second-order valence-corrected chi connectivity index (χ2v) is 9.22. The van der Waals surface area contributed by atoms with E-state index < -0.39 is 0 Å². The zero-order valence-corrected chi connectivity index (χ0v) is 18.3. The van der Waals surface area contributed by atoms with Gasteiger partial charge in [0.15, 0.2) is 5.13 Å². The molecule has 5 heteroatoms. The van der Waals surface area contributed by atoms with Crippen LogP contribution in [0.5, 0.6) is 0 Å². The van der Waals surface area contributed by atoms with Crippen molar-refractivity contribution in [3.05, 3.63) is 29.6 Å². The van der Waals surface area contributed by atoms with Crippen LogP contribution in [-0.4, -0.2) is 24.0 Å². The van der Waals surface area contributed by atoms with Gasteiger partial charge < -0.3 is 10.2 Å². The van der Waals surface area contributed by atoms with Gasteiger partial charge >= 0.3 is 0 Å². The predicted molar refractivity (Wildman–Crippen MR) is 118 cm³/mol. The number of hydrogen-bond acceptors (Lipinski definition) is 4. The third-order valence-electron chi connectivity index (χ3n) is 4.49. The quantitative estimate of drug-likeness (QED) is 0.599. The molecule has 1 aromatic heterocycles. The number of carbonyl (C=O) groups excluding carboxylic acids is 1. The number of rotatable bonds is 8. The SMILES string of the molecule is CCN(CC)c1nc(-c2ccc(NC(=O)CC(C)CC(C)(C)C)cc2)cs1. The molecule has 1 amide bonds. The summed E-state index contributed by atoms with van der Waals surface area (Å²) in [6, 6.07) is 7.96. The van der Waals surface area contributed by atoms with Gasteiger partial charge in [-0.1, -0.05) is 39.8 Å². The Balaban J connectivity index is 1.96. The van der Waals surface area contributed by atoms with Crippen LogP contribution in [0.3, 0.4) is 0 Å². The predicted octanol–water partition coefficient (Wildman–Crippen LogP) is 6.06. The standard InChI is InChI=1S/C22H33N3OS/c1-7-25(8-2)21-24-19(15-27-21)17-9-11-18(12-10-17)23-20(26)13-16(3)14-22(4,5)6/h9-12,15-16H,7-8,13-14H2,1-6H3,(H,23,26). The summed E-state index contributed by atoms with van der Waals surface area (Å²) >= 11 is 1.67. The molecule has 0 radical (unpaired) electrons. The van der Waals surface area contributed by atoms with E-state index in [2.05, 4.69) is 57.1 Å². The average Bonchev–Trinajstić information content (AvgIpc) is 3.04. The Morgan fingerprint density at radius 1 is 1.19 bits per heavy atom. The molecule has 0 fully saturated rings. The fourth-order valence-corrected chi connectivity index (χ4v) is 4.37. The fraction of sp³-hybridized carbons (Fsp3) is 0.545. The van der Waals surface area contributed by atoms with Crippen molar-refractivity contribution >= 4 is 28.1 Å². The van der Waals surface area contributed by atoms with E-state index in [1.54, 1.807) is 11.3 Å². The van der Waals surface area contributed by atoms with Crippen LogP contribution >= 0.6 is 11.3 Å². The first-order valence-electron chi connectivity index (χ1n) is 9.82. The molecule has 2 rings (SSSR count). The lowest BCUT2D eigenvalue weighted by atomic mass is 9.84. The lowest BCUT2D eigenvalue weighted by molar-refractivity contribution is -0.117. The van der Waals surface area contributed by atoms with Gasteiger partial charge in [-0.3, -0.25) is 4.79 Å². The van der Waals surface area contributed by atoms with E-state index in [-0.39, 0.29) is 11.3 Å². The highest BCUT2D eigenvalue weighted by molar-refractivity contribution is 7.14. The van der Waals surface area contributed by atoms with Crippen LogP contribution < -0.4 is 10.2 Å². The average molecular weight is 388 g/mol. The summed E-state index contributed by atoms with van der Waals surface area (Å²) in [5.74, 6) is 0.453. The maximum Gasteiger partial charge on any atom is 0.224 e. The Labute approximate surface area is 168 Å². The number of nitrogens with zero attached hydrogens (tertiary/aromatic N) is 2. The summed E-state index contributed by atoms with van der Waals surface area (Å²) in [6.45, 7) is 15.0. The van der Waals surface area contributed by atoms with Gasteiger partial charge in [-0.2, -0.15) is 0 Å². The van der Waals surface area contributed by atoms with Crippen LogP contribution in [0.15, 0.2) is 29.6 Å². The smallest absolute Gasteiger partial charge is 0.224 e. The summed E-state index contributed by atoms with van der Waals surface area (Å²) in [5.41, 5.74) is 3.15. The van der Waals surface area contributed by atoms with Gasteiger partial charge in [-0.05, 0) is 43.7 Å². The molecule has 4 nitrogen and oxygen atoms in total. The third kappa shape index (κ3) is 6.65. The monoisotopic (exact) mass is 387 g/mol. The lowest BCUT2D eigenvalue weighted by Gasteiger charge is -2.22. The minimum Gasteiger partial charge on any atom is -0.349 e. The first-order chi connectivity index (χ1) is 12.7. The number of aromatic nitrogens is 1. The summed E-state index contributed by atoms with van der Waals surface area (Å²) in [7, 11) is 0. The molecule has 148 valence electrons. The number of anilines is 2. The zero-order valence-electron chi connectivity index (χ0n) is 17.5. The Bertz CT molecular complexity index is 727. The van der Waals surface area contributed by atoms with Crippen molar-refractivity contribution in [1.29, 1.82) is 0 Å². The van der Waals surface area contributed by atoms with Crippen LogP contribution in [0.2, 0.25) is 0 Å². The van der Waals surface area contributed by atoms with E-state index in [1.165, 1.54) is 0 Å². The maximum atomic E-state index is 12.3. The molecule has 0 aliphatic heterocycles. The van der Waals surface area contributed by atoms with Gasteiger partial charge in [-0.15, -0.1) is 11.3 Å². The van der Waals surface area contributed by atoms with Gasteiger partial charge in [0.2, 0.25) is 5.91 Å². The molecule has 0 bridgehead atoms. The van der Waals surface area contributed by atoms with Gasteiger partial charge in [0.1, 0.15) is 0 Å². The topological polar surface area (TPSA) is 45.2 Å². The Kier molecular flexibility index (Phi) is 7.42. The molecular formula is C22H33N3OS. The van der Waals surface area contributed by atoms with Gasteiger partial charge in [0.25, 0.3) is 0 Å². The number of hydrogen-bond donors (Lipinski definition) is 1. The van der Waals surface area contributed by atoms with E-state index >= 15 is 0 Å². The number of benzene rings is 1. The van der Waals surface area contributed by atoms with Crippen LogP contribution in [0.4, 0.5) is 10.8 Å². The van der Waals surface area contributed by atoms with Gasteiger partial charge in [-0.25, -0.2) is 4.98 Å². The van der Waals surface area contributed by atoms with E-state index in [1.807, 2.05) is 24.3 Å². The minimum atomic E-state index is 0.0805. The van der Waals surface area contributed by atoms with Gasteiger partial charge in [0, 0.05) is 36.1 Å². The molecule has 1 N–H and O–H groups in total. The van der Waals surface area contributed by atoms with Crippen LogP contribution in [0.1, 0.15) is 54.4 Å². The highest BCUT2D eigenvalue weighted by Crippen LogP contribution is 2.29. The summed E-state index contributed by atoms with van der Waals surface area (Å²) in [4.78, 5) is 19.3. The Morgan fingerprint density at radius 3 is 2.37 bits per heavy atom. The van der Waals surface area contributed by atoms with E-state index in [4.69, 9.17) is 4.98 Å². The van der Waals surface area contributed by atoms with Crippen molar-refractivity contribution in [2.75, 3.05) is 23.3 Å². The van der Waals surface area contributed by atoms with Crippen molar-refractivity contribution in [1.82, 2.24) is 4.98 Å². The minimum absolute atomic E-state index is 0.0805. The Hall–Kier alpha value is -1.88. The molecule has 0 spiro atoms. The molecule has 1 atom stereocenters. The molecule has 1 heterocycles. The molecule has 1 aromatic carbocycles. The second-order valence-electron chi connectivity index (χ2n) is 8.39. The molecule has 1 unspecified atom stereocenters. The molecule has 0 aliphatic rings. The van der Waals surface area contributed by atoms with Crippen LogP contribution in [0, 0.1) is 11.3 Å². The van der Waals surface area contributed by atoms with E-state index in [9.17, 15) is 4.79 Å². The van der Waals surface area contributed by atoms with Crippen LogP contribution in [0.25, 0.3) is 11.3 Å². The first-order valence-corrected chi connectivity index (χ1v) is 10.7. The molecule has 2 aromatic rings. The first kappa shape index (κ1) is 21.4. The van der Waals surface area contributed by atoms with Crippen molar-refractivity contribution in [3.8, 4) is 11.3 Å². The number of carbonyl (C=O) groups is 1. The maximum absolute atomic E-state index is 12.3. The fourth-order valence-electron chi connectivity index (χ4n) is 3.41. The summed E-state index contributed by atoms with van der Waals surface area (Å²) in [6.07, 6.45) is 1.59. The van der Waals surface area contributed by atoms with E-state index in [0.29, 0.717) is 12.3 Å². The van der Waals surface area contributed by atoms with Crippen molar-refractivity contribution in [2.45, 2.75) is 54.4 Å². The lowest BCUT2D eigenvalue weighted by Crippen LogP contribution is -2.21. The largest absolute Gasteiger partial charge is 0.349 e. The molecule has 0 aliphatic carbocycles. The summed E-state index contributed by atoms with van der Waals surface area (Å²) < 4.78 is 0. The number of amides is 1. The normalized spacial score (nSPS) is 12.7. The molecule has 27 heavy (non-hydrogen) atoms. The highest BCUT2D eigenvalue weighted by Gasteiger charge is 2.18. The van der Waals surface area contributed by atoms with Crippen molar-refractivity contribution in [3.63, 3.8) is 0 Å². The van der Waals surface area contributed by atoms with Crippen molar-refractivity contribution < 1.29 is 4.79 Å². The molecule has 0 saturated heterocycles. The van der Waals surface area contributed by atoms with Crippen LogP contribution in [-0.2, 0) is 4.79 Å². The van der Waals surface area contributed by atoms with E-state index in [0.717, 1.165) is 41.6 Å². The van der Waals surface area contributed by atoms with Crippen molar-refractivity contribution in [2.24, 2.45) is 11.3 Å². The summed E-state index contributed by atoms with van der Waals surface area (Å²) in [5, 5.41) is 6.16. The third-order valence-corrected chi connectivity index (χ3v) is 5.39. The highest BCUT2D eigenvalue weighted by atomic mass is 32.1.